The number of aromatic hydroxyl groups is 1. The number of benzene rings is 2. The first-order chi connectivity index (χ1) is 14.9. The number of ether oxygens (including phenoxy) is 2. The SMILES string of the molecule is CO[C@@]12[C@H](COC(N)=O)c3c(c(O)c(C)c4nc5ccccc5[n+](C)c34)N1C[C@@H]1N[C@@H]12. The summed E-state index contributed by atoms with van der Waals surface area (Å²) in [5.41, 5.74) is 10.3. The van der Waals surface area contributed by atoms with Crippen LogP contribution < -0.4 is 20.5 Å². The number of carbonyl (C=O) groups excluding carboxylic acids is 1. The van der Waals surface area contributed by atoms with Crippen molar-refractivity contribution in [3.05, 3.63) is 35.4 Å². The number of nitrogens with zero attached hydrogens (tertiary/aromatic N) is 3. The Morgan fingerprint density at radius 1 is 1.45 bits per heavy atom. The second-order valence-electron chi connectivity index (χ2n) is 8.59. The van der Waals surface area contributed by atoms with Crippen LogP contribution in [0.4, 0.5) is 10.5 Å². The van der Waals surface area contributed by atoms with Gasteiger partial charge in [0.1, 0.15) is 30.4 Å². The van der Waals surface area contributed by atoms with Crippen molar-refractivity contribution in [1.82, 2.24) is 10.3 Å². The van der Waals surface area contributed by atoms with Crippen LogP contribution in [-0.4, -0.2) is 54.3 Å². The highest BCUT2D eigenvalue weighted by Crippen LogP contribution is 2.61. The molecule has 160 valence electrons. The zero-order chi connectivity index (χ0) is 21.7. The van der Waals surface area contributed by atoms with Crippen molar-refractivity contribution in [2.45, 2.75) is 30.7 Å². The Morgan fingerprint density at radius 3 is 2.97 bits per heavy atom. The average molecular weight is 422 g/mol. The van der Waals surface area contributed by atoms with Crippen molar-refractivity contribution in [2.24, 2.45) is 12.8 Å². The van der Waals surface area contributed by atoms with Crippen LogP contribution in [0.15, 0.2) is 24.3 Å². The number of aryl methyl sites for hydroxylation is 2. The first kappa shape index (κ1) is 18.6. The van der Waals surface area contributed by atoms with E-state index in [2.05, 4.69) is 14.8 Å². The topological polar surface area (TPSA) is 124 Å². The fourth-order valence-electron chi connectivity index (χ4n) is 5.87. The molecule has 0 aliphatic carbocycles. The molecule has 2 aromatic carbocycles. The number of nitrogens with two attached hydrogens (primary N) is 1. The number of piperazine rings is 1. The molecular weight excluding hydrogens is 398 g/mol. The van der Waals surface area contributed by atoms with Crippen LogP contribution >= 0.6 is 0 Å². The Balaban J connectivity index is 1.73. The van der Waals surface area contributed by atoms with E-state index in [1.165, 1.54) is 0 Å². The number of phenolic OH excluding ortho intramolecular Hbond substituents is 1. The summed E-state index contributed by atoms with van der Waals surface area (Å²) in [5.74, 6) is -0.164. The molecule has 9 nitrogen and oxygen atoms in total. The lowest BCUT2D eigenvalue weighted by Gasteiger charge is -2.38. The number of aromatic nitrogens is 2. The zero-order valence-corrected chi connectivity index (χ0v) is 17.5. The third-order valence-electron chi connectivity index (χ3n) is 7.25. The molecule has 0 saturated carbocycles. The van der Waals surface area contributed by atoms with Crippen molar-refractivity contribution in [3.63, 3.8) is 0 Å². The largest absolute Gasteiger partial charge is 0.505 e. The summed E-state index contributed by atoms with van der Waals surface area (Å²) < 4.78 is 13.6. The number of anilines is 1. The number of methoxy groups -OCH3 is 1. The lowest BCUT2D eigenvalue weighted by Crippen LogP contribution is -2.54. The minimum atomic E-state index is -0.835. The van der Waals surface area contributed by atoms with Crippen LogP contribution in [0.25, 0.3) is 22.1 Å². The molecule has 3 aliphatic rings. The van der Waals surface area contributed by atoms with E-state index < -0.39 is 11.8 Å². The number of fused-ring (bicyclic) bond motifs is 8. The molecule has 4 N–H and O–H groups in total. The van der Waals surface area contributed by atoms with Crippen molar-refractivity contribution in [1.29, 1.82) is 0 Å². The fraction of sp³-hybridized carbons (Fsp3) is 0.409. The lowest BCUT2D eigenvalue weighted by molar-refractivity contribution is -0.618. The number of amides is 1. The molecule has 31 heavy (non-hydrogen) atoms. The van der Waals surface area contributed by atoms with E-state index >= 15 is 0 Å². The normalized spacial score (nSPS) is 28.0. The van der Waals surface area contributed by atoms with Gasteiger partial charge in [0.05, 0.1) is 23.2 Å². The maximum atomic E-state index is 11.5. The van der Waals surface area contributed by atoms with Crippen molar-refractivity contribution in [2.75, 3.05) is 25.2 Å². The third-order valence-corrected chi connectivity index (χ3v) is 7.25. The summed E-state index contributed by atoms with van der Waals surface area (Å²) in [6, 6.07) is 8.24. The Hall–Kier alpha value is -3.17. The molecule has 2 saturated heterocycles. The number of para-hydroxylation sites is 2. The highest BCUT2D eigenvalue weighted by molar-refractivity contribution is 5.95. The van der Waals surface area contributed by atoms with Crippen molar-refractivity contribution in [3.8, 4) is 5.75 Å². The van der Waals surface area contributed by atoms with Gasteiger partial charge in [-0.1, -0.05) is 12.1 Å². The average Bonchev–Trinajstić information content (AvgIpc) is 3.37. The summed E-state index contributed by atoms with van der Waals surface area (Å²) in [7, 11) is 3.66. The van der Waals surface area contributed by atoms with Gasteiger partial charge in [-0.3, -0.25) is 0 Å². The highest BCUT2D eigenvalue weighted by atomic mass is 16.6. The van der Waals surface area contributed by atoms with Gasteiger partial charge in [-0.05, 0) is 13.0 Å². The summed E-state index contributed by atoms with van der Waals surface area (Å²) in [5, 5.41) is 14.8. The molecule has 1 aromatic heterocycles. The number of hydrogen-bond donors (Lipinski definition) is 3. The van der Waals surface area contributed by atoms with Gasteiger partial charge < -0.3 is 30.5 Å². The van der Waals surface area contributed by atoms with Crippen LogP contribution in [0.5, 0.6) is 5.75 Å². The second kappa shape index (κ2) is 5.95. The number of phenols is 1. The molecule has 3 aromatic rings. The van der Waals surface area contributed by atoms with E-state index in [4.69, 9.17) is 20.2 Å². The maximum Gasteiger partial charge on any atom is 0.404 e. The minimum absolute atomic E-state index is 0.0437. The summed E-state index contributed by atoms with van der Waals surface area (Å²) in [6.07, 6.45) is -0.835. The fourth-order valence-corrected chi connectivity index (χ4v) is 5.87. The third kappa shape index (κ3) is 2.14. The minimum Gasteiger partial charge on any atom is -0.505 e. The molecule has 2 fully saturated rings. The lowest BCUT2D eigenvalue weighted by atomic mass is 9.88. The van der Waals surface area contributed by atoms with Crippen LogP contribution in [0.2, 0.25) is 0 Å². The van der Waals surface area contributed by atoms with E-state index in [1.807, 2.05) is 38.2 Å². The van der Waals surface area contributed by atoms with Crippen LogP contribution in [0.3, 0.4) is 0 Å². The maximum absolute atomic E-state index is 11.5. The first-order valence-corrected chi connectivity index (χ1v) is 10.3. The van der Waals surface area contributed by atoms with Crippen LogP contribution in [0.1, 0.15) is 17.0 Å². The Kier molecular flexibility index (Phi) is 3.57. The van der Waals surface area contributed by atoms with Crippen molar-refractivity contribution >= 4 is 33.8 Å². The molecule has 4 heterocycles. The molecule has 0 radical (unpaired) electrons. The molecule has 0 unspecified atom stereocenters. The van der Waals surface area contributed by atoms with Gasteiger partial charge in [-0.25, -0.2) is 9.78 Å². The Morgan fingerprint density at radius 2 is 2.23 bits per heavy atom. The number of nitrogens with one attached hydrogen (secondary N) is 1. The summed E-state index contributed by atoms with van der Waals surface area (Å²) >= 11 is 0. The molecule has 0 bridgehead atoms. The summed E-state index contributed by atoms with van der Waals surface area (Å²) in [4.78, 5) is 18.5. The number of rotatable bonds is 3. The van der Waals surface area contributed by atoms with Crippen molar-refractivity contribution < 1.29 is 23.9 Å². The Labute approximate surface area is 178 Å². The van der Waals surface area contributed by atoms with Gasteiger partial charge >= 0.3 is 6.09 Å². The van der Waals surface area contributed by atoms with Gasteiger partial charge in [-0.2, -0.15) is 4.57 Å². The number of carbonyl (C=O) groups is 1. The molecule has 6 rings (SSSR count). The smallest absolute Gasteiger partial charge is 0.404 e. The number of hydrogen-bond acceptors (Lipinski definition) is 7. The molecule has 3 aliphatic heterocycles. The predicted octanol–water partition coefficient (Wildman–Crippen LogP) is 0.922. The van der Waals surface area contributed by atoms with Gasteiger partial charge in [0.15, 0.2) is 5.72 Å². The standard InChI is InChI=1S/C22H23N5O4/c1-10-16-17(26(2)14-7-5-4-6-12(14)24-16)15-11(9-31-21(23)29)22(30-3)20-13(25-20)8-27(22)18(15)19(10)28/h4-7,11,13,20,25H,8-9H2,1-3H3,(H2-,23,24,28,29)/p+1/t11-,13+,20+,22-/m1/s1. The van der Waals surface area contributed by atoms with E-state index in [0.29, 0.717) is 17.6 Å². The monoisotopic (exact) mass is 422 g/mol. The quantitative estimate of drug-likeness (QED) is 0.326. The zero-order valence-electron chi connectivity index (χ0n) is 17.5. The molecular formula is C22H24N5O4+. The molecule has 1 amide bonds. The molecule has 4 atom stereocenters. The van der Waals surface area contributed by atoms with Gasteiger partial charge in [0, 0.05) is 31.3 Å². The van der Waals surface area contributed by atoms with E-state index in [1.54, 1.807) is 7.11 Å². The van der Waals surface area contributed by atoms with E-state index in [0.717, 1.165) is 27.8 Å². The predicted molar refractivity (Wildman–Crippen MR) is 113 cm³/mol. The van der Waals surface area contributed by atoms with Crippen LogP contribution in [-0.2, 0) is 16.5 Å². The first-order valence-electron chi connectivity index (χ1n) is 10.3. The number of primary amides is 1. The van der Waals surface area contributed by atoms with E-state index in [9.17, 15) is 9.90 Å². The van der Waals surface area contributed by atoms with Crippen LogP contribution in [0, 0.1) is 6.92 Å². The van der Waals surface area contributed by atoms with E-state index in [-0.39, 0.29) is 30.4 Å². The Bertz CT molecular complexity index is 1290. The van der Waals surface area contributed by atoms with Gasteiger partial charge in [-0.15, -0.1) is 0 Å². The molecule has 9 heteroatoms. The molecule has 0 spiro atoms. The summed E-state index contributed by atoms with van der Waals surface area (Å²) in [6.45, 7) is 2.63. The highest BCUT2D eigenvalue weighted by Gasteiger charge is 2.71. The second-order valence-corrected chi connectivity index (χ2v) is 8.59. The van der Waals surface area contributed by atoms with Gasteiger partial charge in [0.25, 0.3) is 0 Å². The van der Waals surface area contributed by atoms with Gasteiger partial charge in [0.2, 0.25) is 11.0 Å².